The fourth-order valence-electron chi connectivity index (χ4n) is 9.38. The summed E-state index contributed by atoms with van der Waals surface area (Å²) in [5, 5.41) is 86.9. The molecule has 9 N–H and O–H groups in total. The first-order chi connectivity index (χ1) is 39.6. The highest BCUT2D eigenvalue weighted by Crippen LogP contribution is 2.30. The van der Waals surface area contributed by atoms with E-state index in [9.17, 15) is 45.6 Å². The molecule has 0 bridgehead atoms. The van der Waals surface area contributed by atoms with Crippen LogP contribution in [0.3, 0.4) is 0 Å². The Morgan fingerprint density at radius 3 is 1.36 bits per heavy atom. The molecule has 2 fully saturated rings. The van der Waals surface area contributed by atoms with E-state index in [1.165, 1.54) is 70.6 Å². The van der Waals surface area contributed by atoms with Crippen LogP contribution in [0.4, 0.5) is 0 Å². The first kappa shape index (κ1) is 73.5. The molecule has 2 heterocycles. The molecule has 0 saturated carbocycles. The van der Waals surface area contributed by atoms with Gasteiger partial charge in [0.2, 0.25) is 5.91 Å². The molecule has 14 nitrogen and oxygen atoms in total. The first-order valence-corrected chi connectivity index (χ1v) is 31.3. The van der Waals surface area contributed by atoms with Crippen LogP contribution in [0.1, 0.15) is 200 Å². The lowest BCUT2D eigenvalue weighted by Gasteiger charge is -2.46. The fourth-order valence-corrected chi connectivity index (χ4v) is 9.38. The van der Waals surface area contributed by atoms with E-state index in [2.05, 4.69) is 129 Å². The van der Waals surface area contributed by atoms with Gasteiger partial charge in [-0.3, -0.25) is 4.79 Å². The number of nitrogens with one attached hydrogen (secondary N) is 1. The standard InChI is InChI=1S/C67H111NO13/c1-3-5-7-9-11-13-15-16-17-18-19-20-21-22-23-24-25-26-27-28-29-30-31-32-33-34-35-36-37-38-39-40-41-43-45-47-49-51-59(72)68-55(56(71)50-48-46-44-42-14-12-10-8-6-4-2)54-78-66-64(77)62(75)65(58(53-70)80-66)81-67-63(76)61(74)60(73)57(52-69)79-67/h5,7,11,13-14,16-17,19-20,22-23,25-26,28-29,31-32,42,48,50,55-58,60-67,69-71,73-77H,3-4,6,8-10,12,15,18,21,24,27,30,33-41,43-47,49,51-54H2,1-2H3,(H,68,72)/b7-5-,13-11-,17-16-,20-19-,23-22-,26-25-,29-28-,32-31-,42-14+,50-48+. The van der Waals surface area contributed by atoms with Gasteiger partial charge < -0.3 is 65.1 Å². The van der Waals surface area contributed by atoms with Gasteiger partial charge in [-0.25, -0.2) is 0 Å². The van der Waals surface area contributed by atoms with Gasteiger partial charge in [0.05, 0.1) is 32.0 Å². The number of carbonyl (C=O) groups excluding carboxylic acids is 1. The molecule has 2 rings (SSSR count). The monoisotopic (exact) mass is 1140 g/mol. The minimum Gasteiger partial charge on any atom is -0.394 e. The van der Waals surface area contributed by atoms with Crippen molar-refractivity contribution in [2.75, 3.05) is 19.8 Å². The Morgan fingerprint density at radius 2 is 0.864 bits per heavy atom. The number of carbonyl (C=O) groups is 1. The van der Waals surface area contributed by atoms with Gasteiger partial charge in [-0.1, -0.05) is 219 Å². The van der Waals surface area contributed by atoms with Crippen molar-refractivity contribution < 1.29 is 64.6 Å². The molecule has 81 heavy (non-hydrogen) atoms. The predicted molar refractivity (Wildman–Crippen MR) is 327 cm³/mol. The van der Waals surface area contributed by atoms with E-state index in [4.69, 9.17) is 18.9 Å². The molecular weight excluding hydrogens is 1030 g/mol. The smallest absolute Gasteiger partial charge is 0.220 e. The van der Waals surface area contributed by atoms with Crippen LogP contribution in [0.2, 0.25) is 0 Å². The number of hydrogen-bond acceptors (Lipinski definition) is 13. The highest BCUT2D eigenvalue weighted by atomic mass is 16.7. The third kappa shape index (κ3) is 36.0. The number of unbranched alkanes of at least 4 members (excludes halogenated alkanes) is 17. The Kier molecular flexibility index (Phi) is 46.1. The summed E-state index contributed by atoms with van der Waals surface area (Å²) < 4.78 is 22.7. The number of ether oxygens (including phenoxy) is 4. The largest absolute Gasteiger partial charge is 0.394 e. The van der Waals surface area contributed by atoms with Crippen molar-refractivity contribution in [2.45, 2.75) is 274 Å². The Bertz CT molecular complexity index is 1820. The van der Waals surface area contributed by atoms with Crippen molar-refractivity contribution in [2.24, 2.45) is 0 Å². The lowest BCUT2D eigenvalue weighted by Crippen LogP contribution is -2.65. The van der Waals surface area contributed by atoms with E-state index >= 15 is 0 Å². The van der Waals surface area contributed by atoms with Gasteiger partial charge >= 0.3 is 0 Å². The highest BCUT2D eigenvalue weighted by molar-refractivity contribution is 5.76. The van der Waals surface area contributed by atoms with E-state index in [1.807, 2.05) is 6.08 Å². The number of aliphatic hydroxyl groups excluding tert-OH is 8. The molecule has 2 aliphatic heterocycles. The van der Waals surface area contributed by atoms with Gasteiger partial charge in [0.15, 0.2) is 12.6 Å². The summed E-state index contributed by atoms with van der Waals surface area (Å²) in [6.45, 7) is 2.60. The summed E-state index contributed by atoms with van der Waals surface area (Å²) in [6.07, 6.45) is 57.0. The lowest BCUT2D eigenvalue weighted by molar-refractivity contribution is -0.359. The summed E-state index contributed by atoms with van der Waals surface area (Å²) in [6, 6.07) is -0.938. The third-order valence-electron chi connectivity index (χ3n) is 14.4. The summed E-state index contributed by atoms with van der Waals surface area (Å²) >= 11 is 0. The van der Waals surface area contributed by atoms with Gasteiger partial charge in [-0.15, -0.1) is 0 Å². The molecule has 14 heteroatoms. The average Bonchev–Trinajstić information content (AvgIpc) is 3.51. The Hall–Kier alpha value is -3.61. The normalized spacial score (nSPS) is 25.0. The van der Waals surface area contributed by atoms with E-state index in [0.29, 0.717) is 12.8 Å². The Morgan fingerprint density at radius 1 is 0.457 bits per heavy atom. The Balaban J connectivity index is 1.61. The number of allylic oxidation sites excluding steroid dienone is 19. The van der Waals surface area contributed by atoms with Crippen LogP contribution in [0, 0.1) is 0 Å². The molecule has 0 aromatic rings. The molecular formula is C67H111NO13. The van der Waals surface area contributed by atoms with Crippen LogP contribution in [-0.4, -0.2) is 140 Å². The lowest BCUT2D eigenvalue weighted by atomic mass is 9.97. The molecule has 462 valence electrons. The van der Waals surface area contributed by atoms with Crippen molar-refractivity contribution in [1.82, 2.24) is 5.32 Å². The summed E-state index contributed by atoms with van der Waals surface area (Å²) in [5.41, 5.74) is 0. The van der Waals surface area contributed by atoms with E-state index in [0.717, 1.165) is 96.3 Å². The maximum Gasteiger partial charge on any atom is 0.220 e. The molecule has 2 saturated heterocycles. The number of rotatable bonds is 48. The minimum atomic E-state index is -1.79. The number of amides is 1. The van der Waals surface area contributed by atoms with Crippen LogP contribution in [-0.2, 0) is 23.7 Å². The van der Waals surface area contributed by atoms with Crippen molar-refractivity contribution in [3.8, 4) is 0 Å². The summed E-state index contributed by atoms with van der Waals surface area (Å²) in [4.78, 5) is 13.2. The second-order valence-corrected chi connectivity index (χ2v) is 21.4. The molecule has 12 atom stereocenters. The molecule has 1 amide bonds. The van der Waals surface area contributed by atoms with Gasteiger partial charge in [0.25, 0.3) is 0 Å². The zero-order valence-corrected chi connectivity index (χ0v) is 49.7. The zero-order valence-electron chi connectivity index (χ0n) is 49.7. The molecule has 0 aliphatic carbocycles. The number of hydrogen-bond donors (Lipinski definition) is 9. The van der Waals surface area contributed by atoms with Crippen LogP contribution >= 0.6 is 0 Å². The van der Waals surface area contributed by atoms with Gasteiger partial charge in [0.1, 0.15) is 48.8 Å². The van der Waals surface area contributed by atoms with Crippen molar-refractivity contribution in [1.29, 1.82) is 0 Å². The predicted octanol–water partition coefficient (Wildman–Crippen LogP) is 11.4. The molecule has 0 aromatic heterocycles. The van der Waals surface area contributed by atoms with Gasteiger partial charge in [0, 0.05) is 6.42 Å². The second-order valence-electron chi connectivity index (χ2n) is 21.4. The molecule has 2 aliphatic rings. The third-order valence-corrected chi connectivity index (χ3v) is 14.4. The average molecular weight is 1140 g/mol. The van der Waals surface area contributed by atoms with Gasteiger partial charge in [-0.2, -0.15) is 0 Å². The van der Waals surface area contributed by atoms with Crippen molar-refractivity contribution in [3.05, 3.63) is 122 Å². The van der Waals surface area contributed by atoms with Crippen LogP contribution in [0.5, 0.6) is 0 Å². The maximum absolute atomic E-state index is 13.2. The van der Waals surface area contributed by atoms with Crippen LogP contribution in [0.25, 0.3) is 0 Å². The first-order valence-electron chi connectivity index (χ1n) is 31.3. The number of aliphatic hydroxyl groups is 8. The van der Waals surface area contributed by atoms with Crippen molar-refractivity contribution in [3.63, 3.8) is 0 Å². The zero-order chi connectivity index (χ0) is 58.8. The molecule has 0 aromatic carbocycles. The second kappa shape index (κ2) is 50.9. The minimum absolute atomic E-state index is 0.259. The van der Waals surface area contributed by atoms with Crippen LogP contribution in [0.15, 0.2) is 122 Å². The fraction of sp³-hybridized carbons (Fsp3) is 0.687. The summed E-state index contributed by atoms with van der Waals surface area (Å²) in [7, 11) is 0. The maximum atomic E-state index is 13.2. The summed E-state index contributed by atoms with van der Waals surface area (Å²) in [5.74, 6) is -0.259. The molecule has 0 spiro atoms. The Labute approximate surface area is 488 Å². The molecule has 12 unspecified atom stereocenters. The quantitative estimate of drug-likeness (QED) is 0.0204. The molecule has 0 radical (unpaired) electrons. The van der Waals surface area contributed by atoms with E-state index in [1.54, 1.807) is 6.08 Å². The highest BCUT2D eigenvalue weighted by Gasteiger charge is 2.51. The van der Waals surface area contributed by atoms with Gasteiger partial charge in [-0.05, 0) is 96.3 Å². The van der Waals surface area contributed by atoms with E-state index < -0.39 is 86.8 Å². The van der Waals surface area contributed by atoms with Crippen LogP contribution < -0.4 is 5.32 Å². The topological polar surface area (TPSA) is 228 Å². The SMILES string of the molecule is CC/C=C\C/C=C\C/C=C\C/C=C\C/C=C\C/C=C\C/C=C\C/C=C\CCCCCCCCCCCCCCC(=O)NC(COC1OC(CO)C(OC2OC(CO)C(O)C(O)C2O)C(O)C1O)C(O)/C=C/CC/C=C/CCCCCC. The van der Waals surface area contributed by atoms with E-state index in [-0.39, 0.29) is 18.9 Å². The van der Waals surface area contributed by atoms with Crippen molar-refractivity contribution >= 4 is 5.91 Å².